The highest BCUT2D eigenvalue weighted by molar-refractivity contribution is 5.94. The Labute approximate surface area is 147 Å². The molecular weight excluding hydrogens is 300 g/mol. The third-order valence-electron chi connectivity index (χ3n) is 4.75. The fraction of sp³-hybridized carbons (Fsp3) is 0.700. The Morgan fingerprint density at radius 3 is 2.04 bits per heavy atom. The van der Waals surface area contributed by atoms with Crippen molar-refractivity contribution < 1.29 is 9.59 Å². The summed E-state index contributed by atoms with van der Waals surface area (Å²) in [5.41, 5.74) is 1.50. The lowest BCUT2D eigenvalue weighted by atomic mass is 9.83. The fourth-order valence-electron chi connectivity index (χ4n) is 3.29. The molecule has 24 heavy (non-hydrogen) atoms. The molecule has 1 rings (SSSR count). The summed E-state index contributed by atoms with van der Waals surface area (Å²) in [5, 5.41) is 6.16. The fourth-order valence-corrected chi connectivity index (χ4v) is 3.29. The molecule has 0 heterocycles. The molecule has 0 saturated heterocycles. The lowest BCUT2D eigenvalue weighted by Gasteiger charge is -2.31. The highest BCUT2D eigenvalue weighted by atomic mass is 16.2. The second-order valence-electron chi connectivity index (χ2n) is 6.78. The molecule has 136 valence electrons. The monoisotopic (exact) mass is 334 g/mol. The van der Waals surface area contributed by atoms with Gasteiger partial charge in [-0.2, -0.15) is 0 Å². The van der Waals surface area contributed by atoms with Gasteiger partial charge < -0.3 is 10.6 Å². The van der Waals surface area contributed by atoms with Gasteiger partial charge >= 0.3 is 0 Å². The van der Waals surface area contributed by atoms with Crippen LogP contribution in [0.3, 0.4) is 0 Å². The molecule has 2 amide bonds. The van der Waals surface area contributed by atoms with Crippen molar-refractivity contribution in [3.8, 4) is 0 Å². The van der Waals surface area contributed by atoms with Crippen LogP contribution >= 0.6 is 0 Å². The zero-order valence-corrected chi connectivity index (χ0v) is 15.8. The predicted molar refractivity (Wildman–Crippen MR) is 99.6 cm³/mol. The molecule has 0 aromatic rings. The Hall–Kier alpha value is -1.58. The van der Waals surface area contributed by atoms with E-state index in [1.807, 2.05) is 39.8 Å². The molecule has 1 aliphatic rings. The number of rotatable bonds is 8. The summed E-state index contributed by atoms with van der Waals surface area (Å²) in [4.78, 5) is 24.5. The first-order chi connectivity index (χ1) is 11.5. The summed E-state index contributed by atoms with van der Waals surface area (Å²) in [6, 6.07) is 0.0105. The average Bonchev–Trinajstić information content (AvgIpc) is 2.59. The number of hydrogen-bond donors (Lipinski definition) is 2. The van der Waals surface area contributed by atoms with Crippen molar-refractivity contribution in [1.29, 1.82) is 0 Å². The van der Waals surface area contributed by atoms with Crippen LogP contribution in [0.2, 0.25) is 0 Å². The van der Waals surface area contributed by atoms with E-state index in [0.717, 1.165) is 36.8 Å². The molecule has 1 fully saturated rings. The van der Waals surface area contributed by atoms with Gasteiger partial charge in [-0.15, -0.1) is 0 Å². The van der Waals surface area contributed by atoms with Gasteiger partial charge in [-0.3, -0.25) is 9.59 Å². The standard InChI is InChI=1S/C20H34N2O2/c1-5-10-15(3)19(23)21-14-18(17-12-8-7-9-13-17)22-20(24)16(4)11-6-2/h10-11,17-18H,5-9,12-14H2,1-4H3,(H,21,23)(H,22,24)/b15-10-,16-11+. The predicted octanol–water partition coefficient (Wildman–Crippen LogP) is 3.88. The zero-order valence-electron chi connectivity index (χ0n) is 15.8. The third-order valence-corrected chi connectivity index (χ3v) is 4.75. The van der Waals surface area contributed by atoms with Crippen molar-refractivity contribution in [3.05, 3.63) is 23.3 Å². The summed E-state index contributed by atoms with van der Waals surface area (Å²) in [6.07, 6.45) is 11.5. The molecule has 1 saturated carbocycles. The minimum Gasteiger partial charge on any atom is -0.350 e. The van der Waals surface area contributed by atoms with E-state index < -0.39 is 0 Å². The SMILES string of the molecule is CC/C=C(/C)C(=O)NCC(NC(=O)/C(C)=C/CC)C1CCCCC1. The summed E-state index contributed by atoms with van der Waals surface area (Å²) >= 11 is 0. The van der Waals surface area contributed by atoms with Gasteiger partial charge in [-0.25, -0.2) is 0 Å². The van der Waals surface area contributed by atoms with E-state index >= 15 is 0 Å². The molecule has 0 radical (unpaired) electrons. The van der Waals surface area contributed by atoms with Crippen LogP contribution in [0.5, 0.6) is 0 Å². The number of allylic oxidation sites excluding steroid dienone is 2. The maximum Gasteiger partial charge on any atom is 0.246 e. The molecule has 0 aromatic heterocycles. The quantitative estimate of drug-likeness (QED) is 0.662. The second kappa shape index (κ2) is 11.1. The van der Waals surface area contributed by atoms with Gasteiger partial charge in [0.2, 0.25) is 11.8 Å². The number of carbonyl (C=O) groups excluding carboxylic acids is 2. The van der Waals surface area contributed by atoms with Crippen molar-refractivity contribution >= 4 is 11.8 Å². The maximum absolute atomic E-state index is 12.4. The number of hydrogen-bond acceptors (Lipinski definition) is 2. The van der Waals surface area contributed by atoms with Gasteiger partial charge in [0.15, 0.2) is 0 Å². The Bertz CT molecular complexity index is 474. The normalized spacial score (nSPS) is 18.2. The minimum atomic E-state index is -0.0345. The van der Waals surface area contributed by atoms with E-state index in [2.05, 4.69) is 10.6 Å². The first-order valence-electron chi connectivity index (χ1n) is 9.42. The Balaban J connectivity index is 2.71. The first kappa shape index (κ1) is 20.5. The van der Waals surface area contributed by atoms with Gasteiger partial charge in [0.1, 0.15) is 0 Å². The van der Waals surface area contributed by atoms with E-state index in [0.29, 0.717) is 12.5 Å². The van der Waals surface area contributed by atoms with Crippen molar-refractivity contribution in [1.82, 2.24) is 10.6 Å². The minimum absolute atomic E-state index is 0.0105. The molecule has 0 bridgehead atoms. The zero-order chi connectivity index (χ0) is 17.9. The van der Waals surface area contributed by atoms with Crippen LogP contribution in [0.4, 0.5) is 0 Å². The molecule has 0 aromatic carbocycles. The largest absolute Gasteiger partial charge is 0.350 e. The van der Waals surface area contributed by atoms with Crippen LogP contribution in [-0.2, 0) is 9.59 Å². The Morgan fingerprint density at radius 2 is 1.50 bits per heavy atom. The van der Waals surface area contributed by atoms with Gasteiger partial charge in [-0.1, -0.05) is 45.3 Å². The van der Waals surface area contributed by atoms with Gasteiger partial charge in [0.25, 0.3) is 0 Å². The smallest absolute Gasteiger partial charge is 0.246 e. The van der Waals surface area contributed by atoms with Crippen molar-refractivity contribution in [2.45, 2.75) is 78.7 Å². The molecular formula is C20H34N2O2. The van der Waals surface area contributed by atoms with Gasteiger partial charge in [0, 0.05) is 23.7 Å². The highest BCUT2D eigenvalue weighted by Crippen LogP contribution is 2.26. The molecule has 1 atom stereocenters. The van der Waals surface area contributed by atoms with Crippen LogP contribution < -0.4 is 10.6 Å². The summed E-state index contributed by atoms with van der Waals surface area (Å²) in [7, 11) is 0. The number of nitrogens with one attached hydrogen (secondary N) is 2. The molecule has 1 aliphatic carbocycles. The Morgan fingerprint density at radius 1 is 0.958 bits per heavy atom. The van der Waals surface area contributed by atoms with E-state index in [-0.39, 0.29) is 17.9 Å². The second-order valence-corrected chi connectivity index (χ2v) is 6.78. The first-order valence-corrected chi connectivity index (χ1v) is 9.42. The van der Waals surface area contributed by atoms with Crippen LogP contribution in [0.15, 0.2) is 23.3 Å². The third kappa shape index (κ3) is 6.90. The Kier molecular flexibility index (Phi) is 9.43. The van der Waals surface area contributed by atoms with Crippen LogP contribution in [0, 0.1) is 5.92 Å². The van der Waals surface area contributed by atoms with E-state index in [1.165, 1.54) is 19.3 Å². The number of amides is 2. The lowest BCUT2D eigenvalue weighted by molar-refractivity contribution is -0.120. The summed E-state index contributed by atoms with van der Waals surface area (Å²) < 4.78 is 0. The highest BCUT2D eigenvalue weighted by Gasteiger charge is 2.26. The van der Waals surface area contributed by atoms with Gasteiger partial charge in [0.05, 0.1) is 0 Å². The molecule has 2 N–H and O–H groups in total. The summed E-state index contributed by atoms with van der Waals surface area (Å²) in [6.45, 7) is 8.23. The maximum atomic E-state index is 12.4. The van der Waals surface area contributed by atoms with Crippen LogP contribution in [0.25, 0.3) is 0 Å². The average molecular weight is 335 g/mol. The molecule has 4 nitrogen and oxygen atoms in total. The molecule has 0 aliphatic heterocycles. The van der Waals surface area contributed by atoms with E-state index in [4.69, 9.17) is 0 Å². The van der Waals surface area contributed by atoms with Gasteiger partial charge in [-0.05, 0) is 45.4 Å². The topological polar surface area (TPSA) is 58.2 Å². The molecule has 0 spiro atoms. The lowest BCUT2D eigenvalue weighted by Crippen LogP contribution is -2.48. The number of carbonyl (C=O) groups is 2. The van der Waals surface area contributed by atoms with E-state index in [9.17, 15) is 9.59 Å². The van der Waals surface area contributed by atoms with Crippen molar-refractivity contribution in [2.24, 2.45) is 5.92 Å². The summed E-state index contributed by atoms with van der Waals surface area (Å²) in [5.74, 6) is 0.406. The van der Waals surface area contributed by atoms with E-state index in [1.54, 1.807) is 0 Å². The molecule has 4 heteroatoms. The molecule has 1 unspecified atom stereocenters. The van der Waals surface area contributed by atoms with Crippen LogP contribution in [0.1, 0.15) is 72.6 Å². The van der Waals surface area contributed by atoms with Crippen molar-refractivity contribution in [2.75, 3.05) is 6.54 Å². The van der Waals surface area contributed by atoms with Crippen LogP contribution in [-0.4, -0.2) is 24.4 Å². The van der Waals surface area contributed by atoms with Crippen molar-refractivity contribution in [3.63, 3.8) is 0 Å².